The second kappa shape index (κ2) is 6.97. The number of piperidine rings is 1. The maximum absolute atomic E-state index is 12.0. The molecule has 4 heteroatoms. The summed E-state index contributed by atoms with van der Waals surface area (Å²) in [6, 6.07) is 0.522. The molecule has 0 aromatic heterocycles. The molecule has 0 aromatic rings. The Morgan fingerprint density at radius 3 is 2.71 bits per heavy atom. The van der Waals surface area contributed by atoms with Gasteiger partial charge in [-0.2, -0.15) is 0 Å². The Bertz CT molecular complexity index is 243. The smallest absolute Gasteiger partial charge is 0.237 e. The molecule has 1 rings (SSSR count). The van der Waals surface area contributed by atoms with Gasteiger partial charge in [-0.25, -0.2) is 0 Å². The largest absolute Gasteiger partial charge is 0.354 e. The van der Waals surface area contributed by atoms with E-state index in [9.17, 15) is 4.79 Å². The highest BCUT2D eigenvalue weighted by Gasteiger charge is 2.26. The zero-order valence-electron chi connectivity index (χ0n) is 11.6. The van der Waals surface area contributed by atoms with E-state index in [1.54, 1.807) is 0 Å². The molecule has 1 heterocycles. The zero-order chi connectivity index (χ0) is 12.8. The Morgan fingerprint density at radius 1 is 1.41 bits per heavy atom. The molecule has 2 atom stereocenters. The number of likely N-dealkylation sites (tertiary alicyclic amines) is 1. The van der Waals surface area contributed by atoms with Crippen molar-refractivity contribution in [3.05, 3.63) is 0 Å². The maximum atomic E-state index is 12.0. The second-order valence-corrected chi connectivity index (χ2v) is 5.44. The van der Waals surface area contributed by atoms with Crippen molar-refractivity contribution in [3.63, 3.8) is 0 Å². The molecule has 1 fully saturated rings. The molecule has 0 aliphatic carbocycles. The summed E-state index contributed by atoms with van der Waals surface area (Å²) in [4.78, 5) is 14.2. The summed E-state index contributed by atoms with van der Waals surface area (Å²) < 4.78 is 0. The summed E-state index contributed by atoms with van der Waals surface area (Å²) in [6.07, 6.45) is 2.39. The lowest BCUT2D eigenvalue weighted by molar-refractivity contribution is -0.126. The predicted octanol–water partition coefficient (Wildman–Crippen LogP) is 0.831. The van der Waals surface area contributed by atoms with Crippen molar-refractivity contribution in [1.82, 2.24) is 15.5 Å². The summed E-state index contributed by atoms with van der Waals surface area (Å²) in [6.45, 7) is 9.02. The van der Waals surface area contributed by atoms with Gasteiger partial charge in [0.05, 0.1) is 6.04 Å². The number of carbonyl (C=O) groups excluding carboxylic acids is 1. The van der Waals surface area contributed by atoms with Crippen LogP contribution in [-0.2, 0) is 4.79 Å². The van der Waals surface area contributed by atoms with E-state index < -0.39 is 0 Å². The molecule has 100 valence electrons. The van der Waals surface area contributed by atoms with Crippen LogP contribution >= 0.6 is 0 Å². The van der Waals surface area contributed by atoms with Crippen LogP contribution in [0.1, 0.15) is 33.6 Å². The highest BCUT2D eigenvalue weighted by molar-refractivity contribution is 5.81. The maximum Gasteiger partial charge on any atom is 0.237 e. The second-order valence-electron chi connectivity index (χ2n) is 5.44. The van der Waals surface area contributed by atoms with E-state index in [-0.39, 0.29) is 11.9 Å². The molecule has 0 radical (unpaired) electrons. The van der Waals surface area contributed by atoms with E-state index >= 15 is 0 Å². The Morgan fingerprint density at radius 2 is 2.12 bits per heavy atom. The highest BCUT2D eigenvalue weighted by atomic mass is 16.2. The van der Waals surface area contributed by atoms with E-state index in [0.29, 0.717) is 12.0 Å². The van der Waals surface area contributed by atoms with Crippen molar-refractivity contribution in [2.75, 3.05) is 26.7 Å². The lowest BCUT2D eigenvalue weighted by atomic mass is 10.0. The number of amides is 1. The third kappa shape index (κ3) is 4.64. The lowest BCUT2D eigenvalue weighted by Crippen LogP contribution is -2.53. The van der Waals surface area contributed by atoms with E-state index in [4.69, 9.17) is 0 Å². The average Bonchev–Trinajstić information content (AvgIpc) is 2.35. The van der Waals surface area contributed by atoms with E-state index in [0.717, 1.165) is 19.6 Å². The van der Waals surface area contributed by atoms with Crippen LogP contribution in [0.2, 0.25) is 0 Å². The molecule has 1 aliphatic heterocycles. The molecular weight excluding hydrogens is 214 g/mol. The fourth-order valence-corrected chi connectivity index (χ4v) is 2.21. The van der Waals surface area contributed by atoms with Crippen LogP contribution in [0.5, 0.6) is 0 Å². The van der Waals surface area contributed by atoms with Crippen LogP contribution in [-0.4, -0.2) is 49.6 Å². The Hall–Kier alpha value is -0.610. The number of nitrogens with one attached hydrogen (secondary N) is 2. The molecule has 0 spiro atoms. The molecule has 17 heavy (non-hydrogen) atoms. The first-order valence-corrected chi connectivity index (χ1v) is 6.73. The summed E-state index contributed by atoms with van der Waals surface area (Å²) >= 11 is 0. The number of carbonyl (C=O) groups is 1. The Balaban J connectivity index is 2.39. The normalized spacial score (nSPS) is 23.7. The summed E-state index contributed by atoms with van der Waals surface area (Å²) in [5.74, 6) is 0.674. The van der Waals surface area contributed by atoms with Gasteiger partial charge in [0.25, 0.3) is 0 Å². The van der Waals surface area contributed by atoms with Gasteiger partial charge in [-0.1, -0.05) is 13.8 Å². The van der Waals surface area contributed by atoms with Crippen LogP contribution in [0.3, 0.4) is 0 Å². The minimum Gasteiger partial charge on any atom is -0.354 e. The molecule has 4 nitrogen and oxygen atoms in total. The van der Waals surface area contributed by atoms with Crippen molar-refractivity contribution in [1.29, 1.82) is 0 Å². The first-order chi connectivity index (χ1) is 8.04. The summed E-state index contributed by atoms with van der Waals surface area (Å²) in [5, 5.41) is 6.32. The molecule has 1 aliphatic rings. The third-order valence-corrected chi connectivity index (χ3v) is 3.47. The van der Waals surface area contributed by atoms with Crippen LogP contribution in [0.4, 0.5) is 0 Å². The highest BCUT2D eigenvalue weighted by Crippen LogP contribution is 2.12. The first kappa shape index (κ1) is 14.5. The van der Waals surface area contributed by atoms with Crippen LogP contribution in [0.25, 0.3) is 0 Å². The average molecular weight is 241 g/mol. The van der Waals surface area contributed by atoms with Gasteiger partial charge in [0.15, 0.2) is 0 Å². The summed E-state index contributed by atoms with van der Waals surface area (Å²) in [7, 11) is 2.00. The van der Waals surface area contributed by atoms with Crippen molar-refractivity contribution in [2.24, 2.45) is 5.92 Å². The van der Waals surface area contributed by atoms with Gasteiger partial charge in [-0.15, -0.1) is 0 Å². The molecule has 1 amide bonds. The molecule has 2 N–H and O–H groups in total. The van der Waals surface area contributed by atoms with E-state index in [1.807, 2.05) is 14.0 Å². The number of nitrogens with zero attached hydrogens (tertiary/aromatic N) is 1. The quantitative estimate of drug-likeness (QED) is 0.749. The molecular formula is C13H27N3O. The number of likely N-dealkylation sites (N-methyl/N-ethyl adjacent to an activating group) is 1. The predicted molar refractivity (Wildman–Crippen MR) is 71.0 cm³/mol. The van der Waals surface area contributed by atoms with Crippen molar-refractivity contribution in [3.8, 4) is 0 Å². The number of rotatable bonds is 5. The van der Waals surface area contributed by atoms with Crippen molar-refractivity contribution >= 4 is 5.91 Å². The monoisotopic (exact) mass is 241 g/mol. The summed E-state index contributed by atoms with van der Waals surface area (Å²) in [5.41, 5.74) is 0. The van der Waals surface area contributed by atoms with Crippen LogP contribution < -0.4 is 10.6 Å². The van der Waals surface area contributed by atoms with Gasteiger partial charge >= 0.3 is 0 Å². The van der Waals surface area contributed by atoms with E-state index in [1.165, 1.54) is 12.8 Å². The molecule has 0 bridgehead atoms. The minimum absolute atomic E-state index is 0.00935. The Labute approximate surface area is 105 Å². The topological polar surface area (TPSA) is 44.4 Å². The zero-order valence-corrected chi connectivity index (χ0v) is 11.6. The number of hydrogen-bond donors (Lipinski definition) is 2. The fraction of sp³-hybridized carbons (Fsp3) is 0.923. The standard InChI is InChI=1S/C13H27N3O/c1-10(2)8-15-13(17)11(3)16-7-5-6-12(9-16)14-4/h10-12,14H,5-9H2,1-4H3,(H,15,17). The van der Waals surface area contributed by atoms with Gasteiger partial charge in [0.2, 0.25) is 5.91 Å². The first-order valence-electron chi connectivity index (χ1n) is 6.73. The molecule has 0 aromatic carbocycles. The molecule has 1 saturated heterocycles. The SMILES string of the molecule is CNC1CCCN(C(C)C(=O)NCC(C)C)C1. The van der Waals surface area contributed by atoms with Crippen LogP contribution in [0, 0.1) is 5.92 Å². The lowest BCUT2D eigenvalue weighted by Gasteiger charge is -2.36. The minimum atomic E-state index is -0.00935. The number of hydrogen-bond acceptors (Lipinski definition) is 3. The van der Waals surface area contributed by atoms with Gasteiger partial charge in [-0.05, 0) is 39.3 Å². The van der Waals surface area contributed by atoms with Gasteiger partial charge < -0.3 is 10.6 Å². The fourth-order valence-electron chi connectivity index (χ4n) is 2.21. The van der Waals surface area contributed by atoms with Gasteiger partial charge in [0.1, 0.15) is 0 Å². The molecule has 0 saturated carbocycles. The Kier molecular flexibility index (Phi) is 5.92. The van der Waals surface area contributed by atoms with Gasteiger partial charge in [0, 0.05) is 19.1 Å². The van der Waals surface area contributed by atoms with Gasteiger partial charge in [-0.3, -0.25) is 9.69 Å². The van der Waals surface area contributed by atoms with Crippen LogP contribution in [0.15, 0.2) is 0 Å². The van der Waals surface area contributed by atoms with Crippen molar-refractivity contribution < 1.29 is 4.79 Å². The van der Waals surface area contributed by atoms with E-state index in [2.05, 4.69) is 29.4 Å². The van der Waals surface area contributed by atoms with Crippen molar-refractivity contribution in [2.45, 2.75) is 45.7 Å². The molecule has 2 unspecified atom stereocenters. The third-order valence-electron chi connectivity index (χ3n) is 3.47.